The van der Waals surface area contributed by atoms with Crippen molar-refractivity contribution in [1.82, 2.24) is 10.3 Å². The fourth-order valence-corrected chi connectivity index (χ4v) is 2.55. The zero-order chi connectivity index (χ0) is 11.5. The van der Waals surface area contributed by atoms with E-state index in [0.29, 0.717) is 0 Å². The van der Waals surface area contributed by atoms with Gasteiger partial charge in [-0.2, -0.15) is 0 Å². The van der Waals surface area contributed by atoms with Gasteiger partial charge in [-0.1, -0.05) is 23.4 Å². The summed E-state index contributed by atoms with van der Waals surface area (Å²) >= 11 is 0. The van der Waals surface area contributed by atoms with E-state index in [-0.39, 0.29) is 0 Å². The molecular formula is C13H18N4. The predicted octanol–water partition coefficient (Wildman–Crippen LogP) is 2.50. The standard InChI is InChI=1S/C13H18N4/c1-2-4-13-12(3-1)10-17(16-15-13)9-11-5-7-14-8-6-11/h1-4,11,14H,5-10H2. The van der Waals surface area contributed by atoms with Crippen molar-refractivity contribution in [1.29, 1.82) is 0 Å². The fraction of sp³-hybridized carbons (Fsp3) is 0.538. The lowest BCUT2D eigenvalue weighted by Crippen LogP contribution is -2.34. The van der Waals surface area contributed by atoms with Crippen molar-refractivity contribution >= 4 is 5.69 Å². The number of hydrogen-bond acceptors (Lipinski definition) is 4. The SMILES string of the molecule is c1ccc2c(c1)CN(CC1CCNCC1)N=N2. The summed E-state index contributed by atoms with van der Waals surface area (Å²) in [6, 6.07) is 8.26. The zero-order valence-corrected chi connectivity index (χ0v) is 9.97. The first-order valence-corrected chi connectivity index (χ1v) is 6.37. The van der Waals surface area contributed by atoms with E-state index in [0.717, 1.165) is 37.8 Å². The number of nitrogens with one attached hydrogen (secondary N) is 1. The number of nitrogens with zero attached hydrogens (tertiary/aromatic N) is 3. The molecule has 0 amide bonds. The van der Waals surface area contributed by atoms with E-state index < -0.39 is 0 Å². The van der Waals surface area contributed by atoms with Gasteiger partial charge < -0.3 is 5.32 Å². The Labute approximate surface area is 102 Å². The van der Waals surface area contributed by atoms with Crippen LogP contribution in [0.3, 0.4) is 0 Å². The van der Waals surface area contributed by atoms with Crippen LogP contribution in [0, 0.1) is 5.92 Å². The monoisotopic (exact) mass is 230 g/mol. The summed E-state index contributed by atoms with van der Waals surface area (Å²) in [6.45, 7) is 4.24. The maximum absolute atomic E-state index is 4.30. The number of piperidine rings is 1. The lowest BCUT2D eigenvalue weighted by Gasteiger charge is -2.29. The summed E-state index contributed by atoms with van der Waals surface area (Å²) in [5, 5.41) is 14.1. The summed E-state index contributed by atoms with van der Waals surface area (Å²) < 4.78 is 0. The van der Waals surface area contributed by atoms with Crippen LogP contribution in [-0.4, -0.2) is 24.6 Å². The second-order valence-corrected chi connectivity index (χ2v) is 4.86. The Bertz CT molecular complexity index is 410. The van der Waals surface area contributed by atoms with Crippen molar-refractivity contribution in [2.24, 2.45) is 16.3 Å². The van der Waals surface area contributed by atoms with Crippen molar-refractivity contribution in [3.05, 3.63) is 29.8 Å². The molecule has 0 unspecified atom stereocenters. The van der Waals surface area contributed by atoms with Gasteiger partial charge in [0, 0.05) is 12.1 Å². The van der Waals surface area contributed by atoms with E-state index >= 15 is 0 Å². The highest BCUT2D eigenvalue weighted by Gasteiger charge is 2.19. The molecule has 1 N–H and O–H groups in total. The molecule has 1 saturated heterocycles. The average Bonchev–Trinajstić information content (AvgIpc) is 2.40. The van der Waals surface area contributed by atoms with Crippen LogP contribution in [0.2, 0.25) is 0 Å². The average molecular weight is 230 g/mol. The molecule has 3 rings (SSSR count). The molecule has 1 aromatic carbocycles. The molecule has 1 aromatic rings. The van der Waals surface area contributed by atoms with Crippen LogP contribution < -0.4 is 5.32 Å². The molecule has 0 saturated carbocycles. The molecule has 2 aliphatic heterocycles. The van der Waals surface area contributed by atoms with Gasteiger partial charge >= 0.3 is 0 Å². The molecule has 4 heteroatoms. The van der Waals surface area contributed by atoms with Gasteiger partial charge in [-0.05, 0) is 37.9 Å². The summed E-state index contributed by atoms with van der Waals surface area (Å²) in [5.41, 5.74) is 2.31. The number of rotatable bonds is 2. The summed E-state index contributed by atoms with van der Waals surface area (Å²) in [4.78, 5) is 0. The van der Waals surface area contributed by atoms with Gasteiger partial charge in [0.2, 0.25) is 0 Å². The summed E-state index contributed by atoms with van der Waals surface area (Å²) in [5.74, 6) is 0.764. The van der Waals surface area contributed by atoms with Crippen LogP contribution in [-0.2, 0) is 6.54 Å². The minimum absolute atomic E-state index is 0.764. The lowest BCUT2D eigenvalue weighted by molar-refractivity contribution is 0.189. The second kappa shape index (κ2) is 4.84. The molecule has 2 heterocycles. The molecular weight excluding hydrogens is 212 g/mol. The summed E-state index contributed by atoms with van der Waals surface area (Å²) in [6.07, 6.45) is 2.52. The summed E-state index contributed by atoms with van der Waals surface area (Å²) in [7, 11) is 0. The van der Waals surface area contributed by atoms with Gasteiger partial charge in [-0.15, -0.1) is 5.11 Å². The highest BCUT2D eigenvalue weighted by atomic mass is 15.5. The van der Waals surface area contributed by atoms with Gasteiger partial charge in [-0.25, -0.2) is 0 Å². The molecule has 2 aliphatic rings. The Hall–Kier alpha value is -1.42. The van der Waals surface area contributed by atoms with Crippen molar-refractivity contribution in [3.63, 3.8) is 0 Å². The largest absolute Gasteiger partial charge is 0.317 e. The van der Waals surface area contributed by atoms with Gasteiger partial charge in [0.1, 0.15) is 0 Å². The first kappa shape index (κ1) is 10.7. The van der Waals surface area contributed by atoms with E-state index in [4.69, 9.17) is 0 Å². The van der Waals surface area contributed by atoms with E-state index in [9.17, 15) is 0 Å². The van der Waals surface area contributed by atoms with Crippen molar-refractivity contribution in [2.45, 2.75) is 19.4 Å². The minimum atomic E-state index is 0.764. The molecule has 90 valence electrons. The molecule has 17 heavy (non-hydrogen) atoms. The molecule has 0 aliphatic carbocycles. The third-order valence-corrected chi connectivity index (χ3v) is 3.55. The first-order valence-electron chi connectivity index (χ1n) is 6.37. The number of hydrogen-bond donors (Lipinski definition) is 1. The Balaban J connectivity index is 1.64. The minimum Gasteiger partial charge on any atom is -0.317 e. The highest BCUT2D eigenvalue weighted by molar-refractivity contribution is 5.45. The van der Waals surface area contributed by atoms with Gasteiger partial charge in [0.05, 0.1) is 12.2 Å². The van der Waals surface area contributed by atoms with Crippen molar-refractivity contribution in [3.8, 4) is 0 Å². The van der Waals surface area contributed by atoms with Crippen LogP contribution in [0.1, 0.15) is 18.4 Å². The van der Waals surface area contributed by atoms with Gasteiger partial charge in [-0.3, -0.25) is 5.01 Å². The maximum atomic E-state index is 4.30. The molecule has 0 bridgehead atoms. The third kappa shape index (κ3) is 2.47. The van der Waals surface area contributed by atoms with Crippen LogP contribution in [0.25, 0.3) is 0 Å². The number of fused-ring (bicyclic) bond motifs is 1. The predicted molar refractivity (Wildman–Crippen MR) is 67.0 cm³/mol. The van der Waals surface area contributed by atoms with Crippen LogP contribution >= 0.6 is 0 Å². The van der Waals surface area contributed by atoms with Crippen LogP contribution in [0.15, 0.2) is 34.6 Å². The van der Waals surface area contributed by atoms with Crippen LogP contribution in [0.4, 0.5) is 5.69 Å². The van der Waals surface area contributed by atoms with Crippen molar-refractivity contribution < 1.29 is 0 Å². The van der Waals surface area contributed by atoms with E-state index in [1.54, 1.807) is 0 Å². The number of benzene rings is 1. The van der Waals surface area contributed by atoms with Crippen LogP contribution in [0.5, 0.6) is 0 Å². The second-order valence-electron chi connectivity index (χ2n) is 4.86. The molecule has 0 aromatic heterocycles. The zero-order valence-electron chi connectivity index (χ0n) is 9.97. The quantitative estimate of drug-likeness (QED) is 0.848. The van der Waals surface area contributed by atoms with Crippen molar-refractivity contribution in [2.75, 3.05) is 19.6 Å². The highest BCUT2D eigenvalue weighted by Crippen LogP contribution is 2.26. The lowest BCUT2D eigenvalue weighted by atomic mass is 9.98. The molecule has 0 radical (unpaired) electrons. The van der Waals surface area contributed by atoms with Gasteiger partial charge in [0.15, 0.2) is 0 Å². The molecule has 1 fully saturated rings. The van der Waals surface area contributed by atoms with E-state index in [1.165, 1.54) is 18.4 Å². The maximum Gasteiger partial charge on any atom is 0.0924 e. The Morgan fingerprint density at radius 2 is 2.06 bits per heavy atom. The molecule has 0 atom stereocenters. The molecule has 0 spiro atoms. The molecule has 4 nitrogen and oxygen atoms in total. The smallest absolute Gasteiger partial charge is 0.0924 e. The Morgan fingerprint density at radius 3 is 2.94 bits per heavy atom. The van der Waals surface area contributed by atoms with E-state index in [1.807, 2.05) is 12.1 Å². The van der Waals surface area contributed by atoms with E-state index in [2.05, 4.69) is 32.8 Å². The normalized spacial score (nSPS) is 20.4. The fourth-order valence-electron chi connectivity index (χ4n) is 2.55. The Kier molecular flexibility index (Phi) is 3.05. The Morgan fingerprint density at radius 1 is 1.24 bits per heavy atom. The topological polar surface area (TPSA) is 40.0 Å². The van der Waals surface area contributed by atoms with Gasteiger partial charge in [0.25, 0.3) is 0 Å². The third-order valence-electron chi connectivity index (χ3n) is 3.55. The first-order chi connectivity index (χ1) is 8.42.